The Morgan fingerprint density at radius 3 is 2.69 bits per heavy atom. The topological polar surface area (TPSA) is 59.4 Å². The Hall–Kier alpha value is -2.26. The molecule has 2 aliphatic rings. The van der Waals surface area contributed by atoms with Crippen LogP contribution in [-0.4, -0.2) is 40.2 Å². The number of carbonyl (C=O) groups is 1. The zero-order chi connectivity index (χ0) is 19.9. The number of alkyl halides is 3. The molecule has 2 aromatic rings. The molecule has 0 spiro atoms. The molecule has 1 aromatic heterocycles. The van der Waals surface area contributed by atoms with Gasteiger partial charge in [-0.25, -0.2) is 9.78 Å². The van der Waals surface area contributed by atoms with E-state index in [-0.39, 0.29) is 24.8 Å². The number of carbonyl (C=O) groups excluding carboxylic acids is 1. The van der Waals surface area contributed by atoms with E-state index < -0.39 is 17.8 Å². The average molecular weight is 431 g/mol. The number of amides is 1. The zero-order valence-electron chi connectivity index (χ0n) is 15.7. The number of nitrogens with one attached hydrogen (secondary N) is 1. The lowest BCUT2D eigenvalue weighted by atomic mass is 10.1. The molecule has 1 aromatic carbocycles. The first-order valence-corrected chi connectivity index (χ1v) is 9.13. The Labute approximate surface area is 172 Å². The maximum Gasteiger partial charge on any atom is 0.416 e. The summed E-state index contributed by atoms with van der Waals surface area (Å²) >= 11 is 0. The van der Waals surface area contributed by atoms with Gasteiger partial charge in [-0.2, -0.15) is 13.2 Å². The van der Waals surface area contributed by atoms with Crippen molar-refractivity contribution in [3.05, 3.63) is 47.9 Å². The van der Waals surface area contributed by atoms with Gasteiger partial charge in [-0.05, 0) is 48.5 Å². The fourth-order valence-corrected chi connectivity index (χ4v) is 3.94. The van der Waals surface area contributed by atoms with E-state index in [4.69, 9.17) is 4.74 Å². The number of halogens is 4. The van der Waals surface area contributed by atoms with Crippen molar-refractivity contribution < 1.29 is 22.7 Å². The number of rotatable bonds is 5. The molecule has 2 heterocycles. The predicted octanol–water partition coefficient (Wildman–Crippen LogP) is 3.33. The Morgan fingerprint density at radius 1 is 1.34 bits per heavy atom. The number of imidazole rings is 1. The quantitative estimate of drug-likeness (QED) is 0.790. The fourth-order valence-electron chi connectivity index (χ4n) is 3.94. The van der Waals surface area contributed by atoms with Crippen LogP contribution in [0.25, 0.3) is 0 Å². The Bertz CT molecular complexity index is 863. The fraction of sp³-hybridized carbons (Fsp3) is 0.474. The van der Waals surface area contributed by atoms with Crippen molar-refractivity contribution in [1.82, 2.24) is 19.8 Å². The second-order valence-electron chi connectivity index (χ2n) is 7.47. The van der Waals surface area contributed by atoms with Gasteiger partial charge in [-0.15, -0.1) is 12.4 Å². The monoisotopic (exact) mass is 430 g/mol. The molecule has 10 heteroatoms. The SMILES string of the molecule is Cl.Cn1cnc(OC(=O)N(Cc2cccc(C(F)(F)F)c2)CC2C3CNCC32)c1. The molecule has 0 bridgehead atoms. The zero-order valence-corrected chi connectivity index (χ0v) is 16.5. The number of hydrogen-bond acceptors (Lipinski definition) is 4. The van der Waals surface area contributed by atoms with Crippen molar-refractivity contribution in [2.75, 3.05) is 19.6 Å². The van der Waals surface area contributed by atoms with E-state index in [1.54, 1.807) is 23.9 Å². The molecule has 1 N–H and O–H groups in total. The van der Waals surface area contributed by atoms with E-state index in [0.29, 0.717) is 29.9 Å². The molecule has 6 nitrogen and oxygen atoms in total. The lowest BCUT2D eigenvalue weighted by molar-refractivity contribution is -0.137. The van der Waals surface area contributed by atoms with Crippen LogP contribution in [0, 0.1) is 17.8 Å². The molecular formula is C19H22ClF3N4O2. The molecule has 1 saturated carbocycles. The van der Waals surface area contributed by atoms with Gasteiger partial charge in [0.1, 0.15) is 0 Å². The van der Waals surface area contributed by atoms with Crippen molar-refractivity contribution >= 4 is 18.5 Å². The van der Waals surface area contributed by atoms with Crippen LogP contribution >= 0.6 is 12.4 Å². The summed E-state index contributed by atoms with van der Waals surface area (Å²) in [5.74, 6) is 1.56. The average Bonchev–Trinajstić information content (AvgIpc) is 3.00. The third kappa shape index (κ3) is 4.84. The minimum atomic E-state index is -4.42. The predicted molar refractivity (Wildman–Crippen MR) is 102 cm³/mol. The number of piperidine rings is 1. The van der Waals surface area contributed by atoms with Crippen LogP contribution in [0.15, 0.2) is 36.8 Å². The maximum atomic E-state index is 13.0. The summed E-state index contributed by atoms with van der Waals surface area (Å²) < 4.78 is 46.0. The van der Waals surface area contributed by atoms with Crippen molar-refractivity contribution in [2.24, 2.45) is 24.8 Å². The maximum absolute atomic E-state index is 13.0. The lowest BCUT2D eigenvalue weighted by Crippen LogP contribution is -2.36. The highest BCUT2D eigenvalue weighted by Gasteiger charge is 2.53. The highest BCUT2D eigenvalue weighted by atomic mass is 35.5. The van der Waals surface area contributed by atoms with E-state index in [0.717, 1.165) is 25.2 Å². The number of benzene rings is 1. The van der Waals surface area contributed by atoms with E-state index in [1.165, 1.54) is 17.3 Å². The standard InChI is InChI=1S/C19H21F3N4O2.ClH/c1-25-10-17(24-11-25)28-18(27)26(9-16-14-6-23-7-15(14)16)8-12-3-2-4-13(5-12)19(20,21)22;/h2-5,10-11,14-16,23H,6-9H2,1H3;1H. The van der Waals surface area contributed by atoms with Gasteiger partial charge in [0, 0.05) is 20.1 Å². The lowest BCUT2D eigenvalue weighted by Gasteiger charge is -2.23. The summed E-state index contributed by atoms with van der Waals surface area (Å²) in [5.41, 5.74) is -0.313. The Kier molecular flexibility index (Phi) is 6.09. The summed E-state index contributed by atoms with van der Waals surface area (Å²) in [6.45, 7) is 2.35. The number of fused-ring (bicyclic) bond motifs is 1. The van der Waals surface area contributed by atoms with Crippen LogP contribution in [0.1, 0.15) is 11.1 Å². The first-order chi connectivity index (χ1) is 13.3. The summed E-state index contributed by atoms with van der Waals surface area (Å²) in [4.78, 5) is 18.2. The third-order valence-electron chi connectivity index (χ3n) is 5.46. The number of ether oxygens (including phenoxy) is 1. The molecule has 29 heavy (non-hydrogen) atoms. The molecular weight excluding hydrogens is 409 g/mol. The molecule has 2 unspecified atom stereocenters. The van der Waals surface area contributed by atoms with Gasteiger partial charge in [0.25, 0.3) is 0 Å². The highest BCUT2D eigenvalue weighted by Crippen LogP contribution is 2.49. The van der Waals surface area contributed by atoms with Gasteiger partial charge in [0.15, 0.2) is 0 Å². The second-order valence-corrected chi connectivity index (χ2v) is 7.47. The van der Waals surface area contributed by atoms with Crippen molar-refractivity contribution in [2.45, 2.75) is 12.7 Å². The first-order valence-electron chi connectivity index (χ1n) is 9.13. The van der Waals surface area contributed by atoms with E-state index in [1.807, 2.05) is 0 Å². The summed E-state index contributed by atoms with van der Waals surface area (Å²) in [6.07, 6.45) is -1.95. The van der Waals surface area contributed by atoms with Crippen molar-refractivity contribution in [3.8, 4) is 5.88 Å². The van der Waals surface area contributed by atoms with Gasteiger partial charge in [-0.3, -0.25) is 0 Å². The largest absolute Gasteiger partial charge is 0.416 e. The summed E-state index contributed by atoms with van der Waals surface area (Å²) in [6, 6.07) is 5.05. The molecule has 158 valence electrons. The molecule has 4 rings (SSSR count). The van der Waals surface area contributed by atoms with Crippen molar-refractivity contribution in [3.63, 3.8) is 0 Å². The highest BCUT2D eigenvalue weighted by molar-refractivity contribution is 5.85. The molecule has 2 fully saturated rings. The second kappa shape index (κ2) is 8.23. The number of hydrogen-bond donors (Lipinski definition) is 1. The van der Waals surface area contributed by atoms with Crippen LogP contribution in [0.3, 0.4) is 0 Å². The van der Waals surface area contributed by atoms with Crippen LogP contribution in [0.4, 0.5) is 18.0 Å². The van der Waals surface area contributed by atoms with Crippen LogP contribution in [-0.2, 0) is 19.8 Å². The van der Waals surface area contributed by atoms with Crippen LogP contribution < -0.4 is 10.1 Å². The van der Waals surface area contributed by atoms with Crippen LogP contribution in [0.2, 0.25) is 0 Å². The number of aryl methyl sites for hydroxylation is 1. The van der Waals surface area contributed by atoms with Gasteiger partial charge in [0.2, 0.25) is 5.88 Å². The smallest absolute Gasteiger partial charge is 0.389 e. The molecule has 2 atom stereocenters. The Morgan fingerprint density at radius 2 is 2.07 bits per heavy atom. The third-order valence-corrected chi connectivity index (χ3v) is 5.46. The Balaban J connectivity index is 0.00000240. The first kappa shape index (κ1) is 21.4. The van der Waals surface area contributed by atoms with Crippen molar-refractivity contribution in [1.29, 1.82) is 0 Å². The van der Waals surface area contributed by atoms with Gasteiger partial charge < -0.3 is 19.5 Å². The summed E-state index contributed by atoms with van der Waals surface area (Å²) in [5, 5.41) is 3.30. The number of aromatic nitrogens is 2. The number of nitrogens with zero attached hydrogens (tertiary/aromatic N) is 3. The minimum absolute atomic E-state index is 0. The normalized spacial score (nSPS) is 22.6. The van der Waals surface area contributed by atoms with Gasteiger partial charge in [0.05, 0.1) is 18.1 Å². The van der Waals surface area contributed by atoms with E-state index in [2.05, 4.69) is 10.3 Å². The van der Waals surface area contributed by atoms with Crippen LogP contribution in [0.5, 0.6) is 5.88 Å². The van der Waals surface area contributed by atoms with E-state index in [9.17, 15) is 18.0 Å². The summed E-state index contributed by atoms with van der Waals surface area (Å²) in [7, 11) is 1.75. The van der Waals surface area contributed by atoms with E-state index >= 15 is 0 Å². The minimum Gasteiger partial charge on any atom is -0.389 e. The molecule has 1 aliphatic heterocycles. The molecule has 1 amide bonds. The molecule has 1 aliphatic carbocycles. The van der Waals surface area contributed by atoms with Gasteiger partial charge >= 0.3 is 12.3 Å². The molecule has 0 radical (unpaired) electrons. The molecule has 1 saturated heterocycles. The van der Waals surface area contributed by atoms with Gasteiger partial charge in [-0.1, -0.05) is 12.1 Å².